The fourth-order valence-corrected chi connectivity index (χ4v) is 5.72. The molecule has 0 spiro atoms. The number of aromatic nitrogens is 5. The second-order valence-electron chi connectivity index (χ2n) is 10.8. The molecule has 2 saturated carbocycles. The van der Waals surface area contributed by atoms with Gasteiger partial charge in [-0.25, -0.2) is 4.52 Å². The highest BCUT2D eigenvalue weighted by molar-refractivity contribution is 6.33. The Hall–Kier alpha value is -3.23. The molecule has 2 aliphatic rings. The maximum absolute atomic E-state index is 13.5. The molecule has 1 aromatic carbocycles. The van der Waals surface area contributed by atoms with Crippen LogP contribution in [0, 0.1) is 5.92 Å². The monoisotopic (exact) mass is 503 g/mol. The molecule has 0 unspecified atom stereocenters. The number of hydrogen-bond donors (Lipinski definition) is 2. The molecule has 36 heavy (non-hydrogen) atoms. The molecule has 0 aliphatic heterocycles. The van der Waals surface area contributed by atoms with Crippen LogP contribution in [-0.4, -0.2) is 35.8 Å². The molecular weight excluding hydrogens is 474 g/mol. The number of amides is 1. The first kappa shape index (κ1) is 23.2. The molecule has 0 bridgehead atoms. The van der Waals surface area contributed by atoms with Gasteiger partial charge in [-0.2, -0.15) is 5.10 Å². The number of nitrogens with zero attached hydrogens (tertiary/aromatic N) is 5. The molecule has 9 heteroatoms. The van der Waals surface area contributed by atoms with Crippen LogP contribution in [-0.2, 0) is 19.0 Å². The van der Waals surface area contributed by atoms with Gasteiger partial charge in [0, 0.05) is 24.8 Å². The van der Waals surface area contributed by atoms with Crippen molar-refractivity contribution in [3.8, 4) is 0 Å². The Morgan fingerprint density at radius 1 is 1.22 bits per heavy atom. The Morgan fingerprint density at radius 2 is 2.03 bits per heavy atom. The van der Waals surface area contributed by atoms with E-state index in [-0.39, 0.29) is 16.9 Å². The fraction of sp³-hybridized carbons (Fsp3) is 0.407. The highest BCUT2D eigenvalue weighted by Gasteiger charge is 2.48. The zero-order valence-electron chi connectivity index (χ0n) is 20.8. The van der Waals surface area contributed by atoms with Gasteiger partial charge in [0.05, 0.1) is 22.2 Å². The minimum absolute atomic E-state index is 0.191. The standard InChI is InChI=1S/C27H30ClN7O/c1-17-12-27(13-17,25-33-30-16-34(25)3)19-5-4-6-20(11-19)32-24(36)23-10-18(14-29-26(2)7-8-26)9-22-21(28)15-31-35(22)23/h4-6,9-11,15-17,29H,7-8,12-14H2,1-3H3,(H,32,36). The number of halogens is 1. The van der Waals surface area contributed by atoms with Gasteiger partial charge in [-0.1, -0.05) is 30.7 Å². The maximum atomic E-state index is 13.5. The molecule has 0 saturated heterocycles. The van der Waals surface area contributed by atoms with E-state index in [1.807, 2.05) is 35.9 Å². The summed E-state index contributed by atoms with van der Waals surface area (Å²) in [6.45, 7) is 5.14. The number of nitrogens with one attached hydrogen (secondary N) is 2. The van der Waals surface area contributed by atoms with Crippen LogP contribution < -0.4 is 10.6 Å². The molecule has 6 rings (SSSR count). The molecule has 2 fully saturated rings. The van der Waals surface area contributed by atoms with Crippen molar-refractivity contribution in [1.29, 1.82) is 0 Å². The second kappa shape index (κ2) is 8.42. The first-order chi connectivity index (χ1) is 17.3. The summed E-state index contributed by atoms with van der Waals surface area (Å²) in [5.74, 6) is 1.33. The Balaban J connectivity index is 1.30. The van der Waals surface area contributed by atoms with Gasteiger partial charge in [0.25, 0.3) is 5.91 Å². The van der Waals surface area contributed by atoms with E-state index < -0.39 is 0 Å². The lowest BCUT2D eigenvalue weighted by Crippen LogP contribution is -2.43. The van der Waals surface area contributed by atoms with E-state index in [1.165, 1.54) is 12.8 Å². The number of benzene rings is 1. The van der Waals surface area contributed by atoms with Crippen LogP contribution in [0.2, 0.25) is 5.02 Å². The van der Waals surface area contributed by atoms with Crippen molar-refractivity contribution >= 4 is 28.7 Å². The van der Waals surface area contributed by atoms with Gasteiger partial charge in [0.15, 0.2) is 0 Å². The van der Waals surface area contributed by atoms with Crippen molar-refractivity contribution in [2.75, 3.05) is 5.32 Å². The normalized spacial score (nSPS) is 22.4. The summed E-state index contributed by atoms with van der Waals surface area (Å²) in [5.41, 5.74) is 4.04. The average Bonchev–Trinajstić information content (AvgIpc) is 3.23. The smallest absolute Gasteiger partial charge is 0.274 e. The summed E-state index contributed by atoms with van der Waals surface area (Å²) < 4.78 is 3.61. The van der Waals surface area contributed by atoms with Crippen molar-refractivity contribution < 1.29 is 4.79 Å². The average molecular weight is 504 g/mol. The predicted octanol–water partition coefficient (Wildman–Crippen LogP) is 4.73. The minimum atomic E-state index is -0.230. The summed E-state index contributed by atoms with van der Waals surface area (Å²) in [7, 11) is 1.98. The van der Waals surface area contributed by atoms with Crippen LogP contribution in [0.3, 0.4) is 0 Å². The van der Waals surface area contributed by atoms with Crippen LogP contribution >= 0.6 is 11.6 Å². The molecular formula is C27H30ClN7O. The highest BCUT2D eigenvalue weighted by Crippen LogP contribution is 2.51. The zero-order chi connectivity index (χ0) is 25.1. The molecule has 2 N–H and O–H groups in total. The van der Waals surface area contributed by atoms with Gasteiger partial charge >= 0.3 is 0 Å². The highest BCUT2D eigenvalue weighted by atomic mass is 35.5. The number of carbonyl (C=O) groups excluding carboxylic acids is 1. The number of rotatable bonds is 7. The first-order valence-electron chi connectivity index (χ1n) is 12.4. The Labute approximate surface area is 215 Å². The molecule has 3 aromatic heterocycles. The predicted molar refractivity (Wildman–Crippen MR) is 139 cm³/mol. The molecule has 0 radical (unpaired) electrons. The van der Waals surface area contributed by atoms with E-state index in [2.05, 4.69) is 51.9 Å². The second-order valence-corrected chi connectivity index (χ2v) is 11.3. The zero-order valence-corrected chi connectivity index (χ0v) is 21.5. The molecule has 0 atom stereocenters. The van der Waals surface area contributed by atoms with Gasteiger partial charge in [0.1, 0.15) is 17.8 Å². The number of carbonyl (C=O) groups is 1. The van der Waals surface area contributed by atoms with E-state index >= 15 is 0 Å². The molecule has 186 valence electrons. The quantitative estimate of drug-likeness (QED) is 0.380. The van der Waals surface area contributed by atoms with E-state index in [1.54, 1.807) is 17.0 Å². The third-order valence-electron chi connectivity index (χ3n) is 7.79. The van der Waals surface area contributed by atoms with Crippen LogP contribution in [0.15, 0.2) is 48.9 Å². The van der Waals surface area contributed by atoms with E-state index in [0.29, 0.717) is 23.2 Å². The van der Waals surface area contributed by atoms with E-state index in [0.717, 1.165) is 41.0 Å². The lowest BCUT2D eigenvalue weighted by atomic mass is 9.58. The van der Waals surface area contributed by atoms with Crippen molar-refractivity contribution in [2.24, 2.45) is 13.0 Å². The molecule has 8 nitrogen and oxygen atoms in total. The van der Waals surface area contributed by atoms with Gasteiger partial charge in [-0.15, -0.1) is 10.2 Å². The summed E-state index contributed by atoms with van der Waals surface area (Å²) in [4.78, 5) is 13.5. The number of aryl methyl sites for hydroxylation is 1. The van der Waals surface area contributed by atoms with Gasteiger partial charge < -0.3 is 15.2 Å². The number of pyridine rings is 1. The van der Waals surface area contributed by atoms with Crippen LogP contribution in [0.25, 0.3) is 5.52 Å². The molecule has 1 amide bonds. The van der Waals surface area contributed by atoms with Crippen molar-refractivity contribution in [3.63, 3.8) is 0 Å². The van der Waals surface area contributed by atoms with Crippen molar-refractivity contribution in [1.82, 2.24) is 29.7 Å². The van der Waals surface area contributed by atoms with E-state index in [9.17, 15) is 4.79 Å². The number of fused-ring (bicyclic) bond motifs is 1. The summed E-state index contributed by atoms with van der Waals surface area (Å²) >= 11 is 6.40. The summed E-state index contributed by atoms with van der Waals surface area (Å²) in [6.07, 6.45) is 7.66. The fourth-order valence-electron chi connectivity index (χ4n) is 5.54. The van der Waals surface area contributed by atoms with Gasteiger partial charge in [-0.3, -0.25) is 4.79 Å². The third-order valence-corrected chi connectivity index (χ3v) is 8.08. The van der Waals surface area contributed by atoms with Gasteiger partial charge in [0.2, 0.25) is 0 Å². The number of anilines is 1. The van der Waals surface area contributed by atoms with Gasteiger partial charge in [-0.05, 0) is 73.9 Å². The molecule has 4 aromatic rings. The van der Waals surface area contributed by atoms with Crippen LogP contribution in [0.5, 0.6) is 0 Å². The Kier molecular flexibility index (Phi) is 5.42. The minimum Gasteiger partial charge on any atom is -0.321 e. The van der Waals surface area contributed by atoms with Crippen molar-refractivity contribution in [2.45, 2.75) is 57.0 Å². The summed E-state index contributed by atoms with van der Waals surface area (Å²) in [5, 5.41) is 20.1. The SMILES string of the molecule is CC1CC(c2cccc(NC(=O)c3cc(CNC4(C)CC4)cc4c(Cl)cnn34)c2)(c2nncn2C)C1. The Bertz CT molecular complexity index is 1460. The van der Waals surface area contributed by atoms with Crippen LogP contribution in [0.1, 0.15) is 67.0 Å². The Morgan fingerprint density at radius 3 is 2.72 bits per heavy atom. The third kappa shape index (κ3) is 3.98. The molecule has 3 heterocycles. The largest absolute Gasteiger partial charge is 0.321 e. The van der Waals surface area contributed by atoms with E-state index in [4.69, 9.17) is 11.6 Å². The first-order valence-corrected chi connectivity index (χ1v) is 12.8. The number of hydrogen-bond acceptors (Lipinski definition) is 5. The topological polar surface area (TPSA) is 89.1 Å². The lowest BCUT2D eigenvalue weighted by Gasteiger charge is -2.46. The van der Waals surface area contributed by atoms with Crippen LogP contribution in [0.4, 0.5) is 5.69 Å². The molecule has 2 aliphatic carbocycles. The maximum Gasteiger partial charge on any atom is 0.274 e. The summed E-state index contributed by atoms with van der Waals surface area (Å²) in [6, 6.07) is 12.0. The van der Waals surface area contributed by atoms with Crippen molar-refractivity contribution in [3.05, 3.63) is 76.6 Å². The lowest BCUT2D eigenvalue weighted by molar-refractivity contribution is 0.102.